The Bertz CT molecular complexity index is 455. The Hall–Kier alpha value is -0.890. The van der Waals surface area contributed by atoms with Crippen LogP contribution in [-0.2, 0) is 21.3 Å². The molecule has 1 heterocycles. The van der Waals surface area contributed by atoms with Gasteiger partial charge in [0.25, 0.3) is 10.0 Å². The van der Waals surface area contributed by atoms with E-state index < -0.39 is 10.0 Å². The summed E-state index contributed by atoms with van der Waals surface area (Å²) in [4.78, 5) is 0. The molecule has 18 heavy (non-hydrogen) atoms. The molecule has 1 aromatic heterocycles. The molecule has 1 rings (SSSR count). The van der Waals surface area contributed by atoms with Gasteiger partial charge in [0.05, 0.1) is 6.54 Å². The highest BCUT2D eigenvalue weighted by Gasteiger charge is 2.20. The molecule has 2 N–H and O–H groups in total. The first kappa shape index (κ1) is 15.2. The average molecular weight is 276 g/mol. The van der Waals surface area contributed by atoms with Gasteiger partial charge in [0.1, 0.15) is 5.76 Å². The minimum atomic E-state index is -3.59. The zero-order chi connectivity index (χ0) is 13.6. The minimum absolute atomic E-state index is 0.0583. The van der Waals surface area contributed by atoms with Crippen molar-refractivity contribution in [2.24, 2.45) is 0 Å². The number of methoxy groups -OCH3 is 1. The van der Waals surface area contributed by atoms with Crippen LogP contribution in [0.4, 0.5) is 0 Å². The van der Waals surface area contributed by atoms with Crippen molar-refractivity contribution in [3.63, 3.8) is 0 Å². The van der Waals surface area contributed by atoms with Crippen LogP contribution in [0.2, 0.25) is 0 Å². The quantitative estimate of drug-likeness (QED) is 0.730. The topological polar surface area (TPSA) is 80.6 Å². The summed E-state index contributed by atoms with van der Waals surface area (Å²) in [7, 11) is -0.241. The average Bonchev–Trinajstić information content (AvgIpc) is 2.75. The Morgan fingerprint density at radius 3 is 2.78 bits per heavy atom. The monoisotopic (exact) mass is 276 g/mol. The summed E-state index contributed by atoms with van der Waals surface area (Å²) in [6, 6.07) is 2.90. The third-order valence-corrected chi connectivity index (χ3v) is 3.83. The molecule has 0 saturated carbocycles. The van der Waals surface area contributed by atoms with Gasteiger partial charge in [0, 0.05) is 19.8 Å². The third kappa shape index (κ3) is 4.41. The van der Waals surface area contributed by atoms with Crippen LogP contribution < -0.4 is 10.0 Å². The highest BCUT2D eigenvalue weighted by atomic mass is 32.2. The van der Waals surface area contributed by atoms with Crippen molar-refractivity contribution >= 4 is 10.0 Å². The maximum absolute atomic E-state index is 12.0. The fourth-order valence-electron chi connectivity index (χ4n) is 1.45. The Balaban J connectivity index is 2.67. The summed E-state index contributed by atoms with van der Waals surface area (Å²) in [6.07, 6.45) is 0.611. The van der Waals surface area contributed by atoms with Crippen molar-refractivity contribution in [3.8, 4) is 0 Å². The van der Waals surface area contributed by atoms with Gasteiger partial charge in [0.2, 0.25) is 5.09 Å². The van der Waals surface area contributed by atoms with Crippen molar-refractivity contribution in [3.05, 3.63) is 17.9 Å². The lowest BCUT2D eigenvalue weighted by Crippen LogP contribution is -2.33. The third-order valence-electron chi connectivity index (χ3n) is 2.36. The van der Waals surface area contributed by atoms with Crippen LogP contribution in [0.25, 0.3) is 0 Å². The van der Waals surface area contributed by atoms with Gasteiger partial charge >= 0.3 is 0 Å². The number of rotatable bonds is 8. The van der Waals surface area contributed by atoms with Crippen LogP contribution in [0, 0.1) is 0 Å². The smallest absolute Gasteiger partial charge is 0.274 e. The molecule has 0 saturated heterocycles. The normalized spacial score (nSPS) is 13.7. The summed E-state index contributed by atoms with van der Waals surface area (Å²) in [6.45, 7) is 2.79. The minimum Gasteiger partial charge on any atom is -0.447 e. The van der Waals surface area contributed by atoms with Crippen LogP contribution in [0.15, 0.2) is 21.6 Å². The highest BCUT2D eigenvalue weighted by molar-refractivity contribution is 7.89. The molecule has 0 aliphatic rings. The van der Waals surface area contributed by atoms with E-state index in [4.69, 9.17) is 9.15 Å². The molecule has 0 aromatic carbocycles. The van der Waals surface area contributed by atoms with E-state index in [1.807, 2.05) is 0 Å². The Kier molecular flexibility index (Phi) is 5.80. The van der Waals surface area contributed by atoms with Crippen LogP contribution in [0.1, 0.15) is 19.1 Å². The van der Waals surface area contributed by atoms with Gasteiger partial charge in [-0.2, -0.15) is 0 Å². The second-order valence-corrected chi connectivity index (χ2v) is 5.70. The van der Waals surface area contributed by atoms with Gasteiger partial charge in [-0.1, -0.05) is 0 Å². The first-order valence-corrected chi connectivity index (χ1v) is 7.22. The predicted molar refractivity (Wildman–Crippen MR) is 67.7 cm³/mol. The first-order valence-electron chi connectivity index (χ1n) is 5.74. The molecular weight excluding hydrogens is 256 g/mol. The molecule has 0 fully saturated rings. The molecule has 7 heteroatoms. The largest absolute Gasteiger partial charge is 0.447 e. The predicted octanol–water partition coefficient (Wildman–Crippen LogP) is 0.702. The lowest BCUT2D eigenvalue weighted by molar-refractivity contribution is 0.188. The maximum Gasteiger partial charge on any atom is 0.274 e. The van der Waals surface area contributed by atoms with E-state index in [-0.39, 0.29) is 11.1 Å². The lowest BCUT2D eigenvalue weighted by Gasteiger charge is -2.12. The molecule has 0 aliphatic heterocycles. The van der Waals surface area contributed by atoms with E-state index in [1.54, 1.807) is 27.1 Å². The van der Waals surface area contributed by atoms with Crippen LogP contribution in [-0.4, -0.2) is 35.2 Å². The van der Waals surface area contributed by atoms with Gasteiger partial charge < -0.3 is 14.5 Å². The van der Waals surface area contributed by atoms with E-state index >= 15 is 0 Å². The summed E-state index contributed by atoms with van der Waals surface area (Å²) >= 11 is 0. The summed E-state index contributed by atoms with van der Waals surface area (Å²) < 4.78 is 36.6. The number of sulfonamides is 1. The molecule has 0 amide bonds. The van der Waals surface area contributed by atoms with Crippen molar-refractivity contribution < 1.29 is 17.6 Å². The van der Waals surface area contributed by atoms with Gasteiger partial charge in [-0.3, -0.25) is 0 Å². The second-order valence-electron chi connectivity index (χ2n) is 4.05. The van der Waals surface area contributed by atoms with Gasteiger partial charge in [-0.15, -0.1) is 0 Å². The van der Waals surface area contributed by atoms with Gasteiger partial charge in [0.15, 0.2) is 0 Å². The van der Waals surface area contributed by atoms with Crippen LogP contribution in [0.5, 0.6) is 0 Å². The highest BCUT2D eigenvalue weighted by Crippen LogP contribution is 2.14. The Morgan fingerprint density at radius 2 is 2.17 bits per heavy atom. The summed E-state index contributed by atoms with van der Waals surface area (Å²) in [5, 5.41) is 2.83. The molecule has 0 bridgehead atoms. The van der Waals surface area contributed by atoms with Gasteiger partial charge in [-0.05, 0) is 32.5 Å². The summed E-state index contributed by atoms with van der Waals surface area (Å²) in [5.74, 6) is 0.586. The van der Waals surface area contributed by atoms with Crippen molar-refractivity contribution in [2.45, 2.75) is 31.0 Å². The molecule has 0 spiro atoms. The maximum atomic E-state index is 12.0. The molecule has 104 valence electrons. The SMILES string of the molecule is CNCc1ccc(S(=O)(=O)NC(C)CCOC)o1. The standard InChI is InChI=1S/C11H20N2O4S/c1-9(6-7-16-3)13-18(14,15)11-5-4-10(17-11)8-12-2/h4-5,9,12-13H,6-8H2,1-3H3. The number of nitrogens with one attached hydrogen (secondary N) is 2. The molecule has 0 radical (unpaired) electrons. The zero-order valence-electron chi connectivity index (χ0n) is 10.9. The molecule has 1 aromatic rings. The van der Waals surface area contributed by atoms with E-state index in [0.717, 1.165) is 0 Å². The van der Waals surface area contributed by atoms with Gasteiger partial charge in [-0.25, -0.2) is 13.1 Å². The Labute approximate surface area is 108 Å². The fourth-order valence-corrected chi connectivity index (χ4v) is 2.68. The Morgan fingerprint density at radius 1 is 1.44 bits per heavy atom. The molecule has 6 nitrogen and oxygen atoms in total. The van der Waals surface area contributed by atoms with Crippen LogP contribution in [0.3, 0.4) is 0 Å². The number of furan rings is 1. The van der Waals surface area contributed by atoms with E-state index in [9.17, 15) is 8.42 Å². The summed E-state index contributed by atoms with van der Waals surface area (Å²) in [5.41, 5.74) is 0. The zero-order valence-corrected chi connectivity index (χ0v) is 11.7. The van der Waals surface area contributed by atoms with E-state index in [1.165, 1.54) is 6.07 Å². The number of ether oxygens (including phenoxy) is 1. The lowest BCUT2D eigenvalue weighted by atomic mass is 10.3. The van der Waals surface area contributed by atoms with E-state index in [2.05, 4.69) is 10.0 Å². The number of hydrogen-bond acceptors (Lipinski definition) is 5. The van der Waals surface area contributed by atoms with Crippen molar-refractivity contribution in [1.29, 1.82) is 0 Å². The fraction of sp³-hybridized carbons (Fsp3) is 0.636. The van der Waals surface area contributed by atoms with Crippen LogP contribution >= 0.6 is 0 Å². The molecule has 1 atom stereocenters. The molecular formula is C11H20N2O4S. The van der Waals surface area contributed by atoms with E-state index in [0.29, 0.717) is 25.3 Å². The molecule has 1 unspecified atom stereocenters. The number of hydrogen-bond donors (Lipinski definition) is 2. The second kappa shape index (κ2) is 6.89. The molecule has 0 aliphatic carbocycles. The van der Waals surface area contributed by atoms with Crippen molar-refractivity contribution in [2.75, 3.05) is 20.8 Å². The first-order chi connectivity index (χ1) is 8.49. The van der Waals surface area contributed by atoms with Crippen molar-refractivity contribution in [1.82, 2.24) is 10.0 Å².